The summed E-state index contributed by atoms with van der Waals surface area (Å²) in [5.41, 5.74) is 9.78. The van der Waals surface area contributed by atoms with Gasteiger partial charge in [-0.1, -0.05) is 13.8 Å². The molecular formula is C13H26N4. The van der Waals surface area contributed by atoms with Crippen LogP contribution in [-0.4, -0.2) is 34.3 Å². The quantitative estimate of drug-likeness (QED) is 0.844. The Morgan fingerprint density at radius 1 is 1.35 bits per heavy atom. The maximum Gasteiger partial charge on any atom is 0.0641 e. The van der Waals surface area contributed by atoms with Gasteiger partial charge in [0.1, 0.15) is 0 Å². The fraction of sp³-hybridized carbons (Fsp3) is 0.769. The van der Waals surface area contributed by atoms with E-state index in [0.29, 0.717) is 5.92 Å². The van der Waals surface area contributed by atoms with Crippen LogP contribution in [0.15, 0.2) is 0 Å². The lowest BCUT2D eigenvalue weighted by Crippen LogP contribution is -2.38. The molecule has 0 aliphatic rings. The predicted molar refractivity (Wildman–Crippen MR) is 71.8 cm³/mol. The Morgan fingerprint density at radius 3 is 2.35 bits per heavy atom. The van der Waals surface area contributed by atoms with E-state index in [-0.39, 0.29) is 6.04 Å². The van der Waals surface area contributed by atoms with E-state index < -0.39 is 0 Å². The molecule has 0 aromatic carbocycles. The summed E-state index contributed by atoms with van der Waals surface area (Å²) in [5.74, 6) is 0.522. The first kappa shape index (κ1) is 14.2. The molecule has 0 bridgehead atoms. The molecule has 0 radical (unpaired) electrons. The third-order valence-electron chi connectivity index (χ3n) is 3.47. The van der Waals surface area contributed by atoms with Crippen LogP contribution in [0.25, 0.3) is 0 Å². The molecule has 0 saturated carbocycles. The van der Waals surface area contributed by atoms with Crippen molar-refractivity contribution in [3.63, 3.8) is 0 Å². The topological polar surface area (TPSA) is 47.1 Å². The molecule has 98 valence electrons. The highest BCUT2D eigenvalue weighted by molar-refractivity contribution is 5.24. The number of rotatable bonds is 5. The fourth-order valence-electron chi connectivity index (χ4n) is 1.95. The first-order valence-electron chi connectivity index (χ1n) is 6.26. The van der Waals surface area contributed by atoms with Crippen LogP contribution in [0.1, 0.15) is 30.8 Å². The van der Waals surface area contributed by atoms with Crippen LogP contribution in [0.5, 0.6) is 0 Å². The summed E-state index contributed by atoms with van der Waals surface area (Å²) in [7, 11) is 4.11. The lowest BCUT2D eigenvalue weighted by molar-refractivity contribution is 0.276. The van der Waals surface area contributed by atoms with Gasteiger partial charge in [0.05, 0.1) is 5.69 Å². The molecule has 4 heteroatoms. The van der Waals surface area contributed by atoms with E-state index in [2.05, 4.69) is 44.7 Å². The average molecular weight is 238 g/mol. The van der Waals surface area contributed by atoms with E-state index in [0.717, 1.165) is 18.8 Å². The number of likely N-dealkylation sites (N-methyl/N-ethyl adjacent to an activating group) is 1. The highest BCUT2D eigenvalue weighted by Gasteiger charge is 2.14. The minimum absolute atomic E-state index is 0.234. The molecule has 1 aromatic heterocycles. The molecule has 1 rings (SSSR count). The van der Waals surface area contributed by atoms with Gasteiger partial charge in [-0.15, -0.1) is 0 Å². The molecule has 0 aliphatic heterocycles. The van der Waals surface area contributed by atoms with Crippen molar-refractivity contribution >= 4 is 0 Å². The summed E-state index contributed by atoms with van der Waals surface area (Å²) >= 11 is 0. The zero-order valence-corrected chi connectivity index (χ0v) is 12.0. The van der Waals surface area contributed by atoms with Crippen molar-refractivity contribution in [1.29, 1.82) is 0 Å². The second kappa shape index (κ2) is 5.65. The molecular weight excluding hydrogens is 212 g/mol. The monoisotopic (exact) mass is 238 g/mol. The molecule has 1 atom stereocenters. The molecule has 1 aromatic rings. The summed E-state index contributed by atoms with van der Waals surface area (Å²) in [4.78, 5) is 2.28. The Balaban J connectivity index is 2.65. The van der Waals surface area contributed by atoms with Gasteiger partial charge in [-0.3, -0.25) is 4.68 Å². The van der Waals surface area contributed by atoms with Crippen LogP contribution in [-0.2, 0) is 13.6 Å². The Hall–Kier alpha value is -0.870. The first-order chi connectivity index (χ1) is 7.82. The van der Waals surface area contributed by atoms with Crippen molar-refractivity contribution in [3.8, 4) is 0 Å². The van der Waals surface area contributed by atoms with Gasteiger partial charge in [0.25, 0.3) is 0 Å². The minimum atomic E-state index is 0.234. The molecule has 17 heavy (non-hydrogen) atoms. The predicted octanol–water partition coefficient (Wildman–Crippen LogP) is 1.45. The third kappa shape index (κ3) is 3.54. The molecule has 0 spiro atoms. The Morgan fingerprint density at radius 2 is 1.94 bits per heavy atom. The largest absolute Gasteiger partial charge is 0.326 e. The van der Waals surface area contributed by atoms with Gasteiger partial charge in [0.2, 0.25) is 0 Å². The van der Waals surface area contributed by atoms with Crippen molar-refractivity contribution in [1.82, 2.24) is 14.7 Å². The van der Waals surface area contributed by atoms with Crippen molar-refractivity contribution in [2.45, 2.75) is 40.3 Å². The lowest BCUT2D eigenvalue weighted by Gasteiger charge is -2.23. The minimum Gasteiger partial charge on any atom is -0.326 e. The van der Waals surface area contributed by atoms with Gasteiger partial charge >= 0.3 is 0 Å². The summed E-state index contributed by atoms with van der Waals surface area (Å²) in [6.45, 7) is 10.4. The maximum absolute atomic E-state index is 6.09. The fourth-order valence-corrected chi connectivity index (χ4v) is 1.95. The SMILES string of the molecule is Cc1nn(C)c(C)c1CN(C)C[C@H](N)C(C)C. The molecule has 0 amide bonds. The summed E-state index contributed by atoms with van der Waals surface area (Å²) in [6.07, 6.45) is 0. The third-order valence-corrected chi connectivity index (χ3v) is 3.47. The molecule has 0 unspecified atom stereocenters. The van der Waals surface area contributed by atoms with Crippen LogP contribution in [0.4, 0.5) is 0 Å². The van der Waals surface area contributed by atoms with E-state index in [1.165, 1.54) is 11.3 Å². The van der Waals surface area contributed by atoms with Crippen LogP contribution < -0.4 is 5.73 Å². The van der Waals surface area contributed by atoms with Crippen LogP contribution in [0, 0.1) is 19.8 Å². The maximum atomic E-state index is 6.09. The Kier molecular flexibility index (Phi) is 4.71. The van der Waals surface area contributed by atoms with Gasteiger partial charge in [0, 0.05) is 37.4 Å². The molecule has 0 aliphatic carbocycles. The second-order valence-corrected chi connectivity index (χ2v) is 5.38. The number of hydrogen-bond acceptors (Lipinski definition) is 3. The Bertz CT molecular complexity index is 368. The lowest BCUT2D eigenvalue weighted by atomic mass is 10.0. The summed E-state index contributed by atoms with van der Waals surface area (Å²) in [5, 5.41) is 4.44. The number of nitrogens with zero attached hydrogens (tertiary/aromatic N) is 3. The first-order valence-corrected chi connectivity index (χ1v) is 6.26. The van der Waals surface area contributed by atoms with Gasteiger partial charge in [0.15, 0.2) is 0 Å². The second-order valence-electron chi connectivity index (χ2n) is 5.38. The molecule has 1 heterocycles. The summed E-state index contributed by atoms with van der Waals surface area (Å²) < 4.78 is 1.95. The average Bonchev–Trinajstić information content (AvgIpc) is 2.45. The van der Waals surface area contributed by atoms with E-state index >= 15 is 0 Å². The Labute approximate surface area is 105 Å². The molecule has 0 saturated heterocycles. The zero-order chi connectivity index (χ0) is 13.2. The number of aryl methyl sites for hydroxylation is 2. The van der Waals surface area contributed by atoms with Gasteiger partial charge in [-0.05, 0) is 26.8 Å². The zero-order valence-electron chi connectivity index (χ0n) is 12.0. The smallest absolute Gasteiger partial charge is 0.0641 e. The van der Waals surface area contributed by atoms with Gasteiger partial charge in [-0.2, -0.15) is 5.10 Å². The number of aromatic nitrogens is 2. The normalized spacial score (nSPS) is 13.7. The van der Waals surface area contributed by atoms with E-state index in [4.69, 9.17) is 5.73 Å². The molecule has 4 nitrogen and oxygen atoms in total. The highest BCUT2D eigenvalue weighted by Crippen LogP contribution is 2.14. The van der Waals surface area contributed by atoms with Gasteiger partial charge < -0.3 is 10.6 Å². The molecule has 0 fully saturated rings. The van der Waals surface area contributed by atoms with Crippen molar-refractivity contribution in [2.75, 3.05) is 13.6 Å². The van der Waals surface area contributed by atoms with Gasteiger partial charge in [-0.25, -0.2) is 0 Å². The van der Waals surface area contributed by atoms with E-state index in [1.54, 1.807) is 0 Å². The van der Waals surface area contributed by atoms with Crippen LogP contribution in [0.3, 0.4) is 0 Å². The molecule has 2 N–H and O–H groups in total. The number of hydrogen-bond donors (Lipinski definition) is 1. The highest BCUT2D eigenvalue weighted by atomic mass is 15.3. The summed E-state index contributed by atoms with van der Waals surface area (Å²) in [6, 6.07) is 0.234. The van der Waals surface area contributed by atoms with E-state index in [1.807, 2.05) is 11.7 Å². The number of nitrogens with two attached hydrogens (primary N) is 1. The van der Waals surface area contributed by atoms with Crippen molar-refractivity contribution in [2.24, 2.45) is 18.7 Å². The van der Waals surface area contributed by atoms with Crippen LogP contribution >= 0.6 is 0 Å². The van der Waals surface area contributed by atoms with E-state index in [9.17, 15) is 0 Å². The standard InChI is InChI=1S/C13H26N4/c1-9(2)13(14)8-16(5)7-12-10(3)15-17(6)11(12)4/h9,13H,7-8,14H2,1-6H3/t13-/m0/s1. The van der Waals surface area contributed by atoms with Crippen LogP contribution in [0.2, 0.25) is 0 Å². The van der Waals surface area contributed by atoms with Crippen molar-refractivity contribution < 1.29 is 0 Å². The van der Waals surface area contributed by atoms with Crippen molar-refractivity contribution in [3.05, 3.63) is 17.0 Å².